The van der Waals surface area contributed by atoms with Gasteiger partial charge in [-0.2, -0.15) is 0 Å². The summed E-state index contributed by atoms with van der Waals surface area (Å²) in [6.45, 7) is 1.19. The molecule has 0 bridgehead atoms. The molecule has 8 heteroatoms. The minimum Gasteiger partial charge on any atom is -0.376 e. The van der Waals surface area contributed by atoms with Crippen LogP contribution in [-0.4, -0.2) is 38.0 Å². The van der Waals surface area contributed by atoms with Gasteiger partial charge >= 0.3 is 0 Å². The Kier molecular flexibility index (Phi) is 6.04. The summed E-state index contributed by atoms with van der Waals surface area (Å²) >= 11 is 6.09. The van der Waals surface area contributed by atoms with E-state index >= 15 is 0 Å². The Balaban J connectivity index is 1.67. The molecule has 148 valence electrons. The number of hydrogen-bond donors (Lipinski definition) is 1. The molecular formula is C20H23ClN4O3. The number of amides is 1. The van der Waals surface area contributed by atoms with Gasteiger partial charge in [0.05, 0.1) is 16.3 Å². The van der Waals surface area contributed by atoms with Gasteiger partial charge in [-0.3, -0.25) is 14.9 Å². The van der Waals surface area contributed by atoms with Crippen molar-refractivity contribution in [1.82, 2.24) is 0 Å². The summed E-state index contributed by atoms with van der Waals surface area (Å²) in [5, 5.41) is 14.8. The maximum atomic E-state index is 12.8. The number of para-hydroxylation sites is 2. The SMILES string of the molecule is CN(C)c1ccc(Cl)cc1NC(=O)C1CCN(c2ccccc2[N+](=O)[O-])CC1. The smallest absolute Gasteiger partial charge is 0.292 e. The zero-order valence-electron chi connectivity index (χ0n) is 15.9. The van der Waals surface area contributed by atoms with E-state index in [-0.39, 0.29) is 22.4 Å². The molecule has 1 aliphatic rings. The van der Waals surface area contributed by atoms with Gasteiger partial charge in [0.2, 0.25) is 5.91 Å². The summed E-state index contributed by atoms with van der Waals surface area (Å²) in [6, 6.07) is 12.1. The van der Waals surface area contributed by atoms with E-state index in [1.165, 1.54) is 6.07 Å². The normalized spacial score (nSPS) is 14.6. The number of nitro benzene ring substituents is 1. The molecule has 2 aromatic carbocycles. The number of nitro groups is 1. The van der Waals surface area contributed by atoms with Gasteiger partial charge in [-0.15, -0.1) is 0 Å². The van der Waals surface area contributed by atoms with E-state index in [9.17, 15) is 14.9 Å². The molecule has 0 atom stereocenters. The lowest BCUT2D eigenvalue weighted by molar-refractivity contribution is -0.384. The number of nitrogens with zero attached hydrogens (tertiary/aromatic N) is 3. The van der Waals surface area contributed by atoms with Crippen molar-refractivity contribution in [1.29, 1.82) is 0 Å². The third kappa shape index (κ3) is 4.36. The molecule has 1 saturated heterocycles. The highest BCUT2D eigenvalue weighted by molar-refractivity contribution is 6.31. The van der Waals surface area contributed by atoms with E-state index in [2.05, 4.69) is 5.32 Å². The fraction of sp³-hybridized carbons (Fsp3) is 0.350. The van der Waals surface area contributed by atoms with Crippen LogP contribution in [-0.2, 0) is 4.79 Å². The maximum Gasteiger partial charge on any atom is 0.292 e. The lowest BCUT2D eigenvalue weighted by Crippen LogP contribution is -2.38. The average molecular weight is 403 g/mol. The molecule has 1 heterocycles. The molecule has 1 N–H and O–H groups in total. The molecule has 3 rings (SSSR count). The molecule has 1 fully saturated rings. The Morgan fingerprint density at radius 1 is 1.21 bits per heavy atom. The number of halogens is 1. The number of benzene rings is 2. The third-order valence-corrected chi connectivity index (χ3v) is 5.22. The molecule has 1 aliphatic heterocycles. The van der Waals surface area contributed by atoms with Crippen LogP contribution in [0, 0.1) is 16.0 Å². The Hall–Kier alpha value is -2.80. The van der Waals surface area contributed by atoms with Crippen LogP contribution in [0.15, 0.2) is 42.5 Å². The summed E-state index contributed by atoms with van der Waals surface area (Å²) in [5.41, 5.74) is 2.27. The van der Waals surface area contributed by atoms with E-state index in [1.807, 2.05) is 30.0 Å². The molecule has 0 unspecified atom stereocenters. The minimum atomic E-state index is -0.365. The zero-order chi connectivity index (χ0) is 20.3. The van der Waals surface area contributed by atoms with E-state index in [4.69, 9.17) is 11.6 Å². The fourth-order valence-electron chi connectivity index (χ4n) is 3.50. The van der Waals surface area contributed by atoms with Crippen LogP contribution < -0.4 is 15.1 Å². The topological polar surface area (TPSA) is 78.7 Å². The average Bonchev–Trinajstić information content (AvgIpc) is 2.68. The molecule has 28 heavy (non-hydrogen) atoms. The van der Waals surface area contributed by atoms with Crippen molar-refractivity contribution < 1.29 is 9.72 Å². The molecule has 0 aromatic heterocycles. The summed E-state index contributed by atoms with van der Waals surface area (Å²) in [4.78, 5) is 27.6. The first-order chi connectivity index (χ1) is 13.4. The van der Waals surface area contributed by atoms with Gasteiger partial charge in [0.1, 0.15) is 5.69 Å². The van der Waals surface area contributed by atoms with E-state index in [0.717, 1.165) is 5.69 Å². The number of rotatable bonds is 5. The van der Waals surface area contributed by atoms with Crippen LogP contribution in [0.2, 0.25) is 5.02 Å². The van der Waals surface area contributed by atoms with Gasteiger partial charge in [0.15, 0.2) is 0 Å². The number of anilines is 3. The second-order valence-corrected chi connectivity index (χ2v) is 7.49. The van der Waals surface area contributed by atoms with Crippen LogP contribution in [0.4, 0.5) is 22.7 Å². The molecular weight excluding hydrogens is 380 g/mol. The number of nitrogens with one attached hydrogen (secondary N) is 1. The standard InChI is InChI=1S/C20H23ClN4O3/c1-23(2)17-8-7-15(21)13-16(17)22-20(26)14-9-11-24(12-10-14)18-5-3-4-6-19(18)25(27)28/h3-8,13-14H,9-12H2,1-2H3,(H,22,26). The largest absolute Gasteiger partial charge is 0.376 e. The van der Waals surface area contributed by atoms with Crippen LogP contribution in [0.5, 0.6) is 0 Å². The highest BCUT2D eigenvalue weighted by atomic mass is 35.5. The van der Waals surface area contributed by atoms with Crippen LogP contribution in [0.1, 0.15) is 12.8 Å². The van der Waals surface area contributed by atoms with Gasteiger partial charge in [-0.25, -0.2) is 0 Å². The van der Waals surface area contributed by atoms with Gasteiger partial charge in [-0.05, 0) is 37.1 Å². The second-order valence-electron chi connectivity index (χ2n) is 7.05. The molecule has 0 radical (unpaired) electrons. The van der Waals surface area contributed by atoms with Crippen molar-refractivity contribution in [3.63, 3.8) is 0 Å². The summed E-state index contributed by atoms with van der Waals surface area (Å²) in [6.07, 6.45) is 1.27. The highest BCUT2D eigenvalue weighted by Crippen LogP contribution is 2.32. The summed E-state index contributed by atoms with van der Waals surface area (Å²) < 4.78 is 0. The molecule has 1 amide bonds. The van der Waals surface area contributed by atoms with E-state index < -0.39 is 0 Å². The Morgan fingerprint density at radius 2 is 1.89 bits per heavy atom. The summed E-state index contributed by atoms with van der Waals surface area (Å²) in [7, 11) is 3.81. The number of carbonyl (C=O) groups is 1. The quantitative estimate of drug-likeness (QED) is 0.599. The number of hydrogen-bond acceptors (Lipinski definition) is 5. The number of piperidine rings is 1. The molecule has 0 spiro atoms. The monoisotopic (exact) mass is 402 g/mol. The molecule has 0 aliphatic carbocycles. The predicted octanol–water partition coefficient (Wildman–Crippen LogP) is 4.17. The second kappa shape index (κ2) is 8.48. The fourth-order valence-corrected chi connectivity index (χ4v) is 3.67. The van der Waals surface area contributed by atoms with Crippen molar-refractivity contribution >= 4 is 40.3 Å². The Labute approximate surface area is 169 Å². The lowest BCUT2D eigenvalue weighted by Gasteiger charge is -2.32. The zero-order valence-corrected chi connectivity index (χ0v) is 16.6. The van der Waals surface area contributed by atoms with Crippen molar-refractivity contribution in [2.45, 2.75) is 12.8 Å². The lowest BCUT2D eigenvalue weighted by atomic mass is 9.95. The number of carbonyl (C=O) groups excluding carboxylic acids is 1. The van der Waals surface area contributed by atoms with E-state index in [0.29, 0.717) is 42.3 Å². The van der Waals surface area contributed by atoms with E-state index in [1.54, 1.807) is 30.3 Å². The van der Waals surface area contributed by atoms with Gasteiger partial charge in [-0.1, -0.05) is 23.7 Å². The summed E-state index contributed by atoms with van der Waals surface area (Å²) in [5.74, 6) is -0.194. The van der Waals surface area contributed by atoms with Crippen molar-refractivity contribution in [2.24, 2.45) is 5.92 Å². The van der Waals surface area contributed by atoms with Crippen molar-refractivity contribution in [3.8, 4) is 0 Å². The molecule has 7 nitrogen and oxygen atoms in total. The van der Waals surface area contributed by atoms with Gasteiger partial charge in [0.25, 0.3) is 5.69 Å². The first-order valence-electron chi connectivity index (χ1n) is 9.13. The maximum absolute atomic E-state index is 12.8. The first-order valence-corrected chi connectivity index (χ1v) is 9.50. The minimum absolute atomic E-state index is 0.0485. The van der Waals surface area contributed by atoms with Gasteiger partial charge < -0.3 is 15.1 Å². The molecule has 0 saturated carbocycles. The Morgan fingerprint density at radius 3 is 2.54 bits per heavy atom. The highest BCUT2D eigenvalue weighted by Gasteiger charge is 2.28. The van der Waals surface area contributed by atoms with Gasteiger partial charge in [0, 0.05) is 44.2 Å². The molecule has 2 aromatic rings. The van der Waals surface area contributed by atoms with Crippen LogP contribution in [0.3, 0.4) is 0 Å². The van der Waals surface area contributed by atoms with Crippen LogP contribution >= 0.6 is 11.6 Å². The first kappa shape index (κ1) is 19.9. The third-order valence-electron chi connectivity index (χ3n) is 4.98. The Bertz CT molecular complexity index is 880. The predicted molar refractivity (Wildman–Crippen MR) is 112 cm³/mol. The van der Waals surface area contributed by atoms with Crippen molar-refractivity contribution in [3.05, 3.63) is 57.6 Å². The van der Waals surface area contributed by atoms with Crippen LogP contribution in [0.25, 0.3) is 0 Å². The van der Waals surface area contributed by atoms with Crippen molar-refractivity contribution in [2.75, 3.05) is 42.3 Å².